The lowest BCUT2D eigenvalue weighted by atomic mass is 9.77. The molecule has 0 radical (unpaired) electrons. The maximum atomic E-state index is 14.7. The van der Waals surface area contributed by atoms with Gasteiger partial charge in [0.05, 0.1) is 87.6 Å². The van der Waals surface area contributed by atoms with Crippen LogP contribution in [0.1, 0.15) is 163 Å². The van der Waals surface area contributed by atoms with Gasteiger partial charge in [-0.05, 0) is 131 Å². The summed E-state index contributed by atoms with van der Waals surface area (Å²) in [5.74, 6) is -3.98. The first kappa shape index (κ1) is 84.6. The number of pyridine rings is 2. The van der Waals surface area contributed by atoms with Crippen molar-refractivity contribution in [1.29, 1.82) is 0 Å². The van der Waals surface area contributed by atoms with Gasteiger partial charge in [-0.3, -0.25) is 28.8 Å². The third-order valence-corrected chi connectivity index (χ3v) is 21.0. The van der Waals surface area contributed by atoms with Crippen LogP contribution in [-0.2, 0) is 57.3 Å². The number of hydrogen-bond donors (Lipinski definition) is 4. The Morgan fingerprint density at radius 3 is 1.21 bits per heavy atom. The molecule has 2 aliphatic carbocycles. The SMILES string of the molecule is C=C[C@@H]1C[C@]1(NC(=O)[C@@H]1C[C@@H](Oc2cc(-c3csc(NC(C)C)n3)nc3cc(OC)ccc23)CN1C(=O)[C@@H](CC(=O)OC(C)(C)C)C(C)(C)C)C(=O)OCC.C=C[C@@H]1C[C@]1(NC(=O)[C@@H]1C[C@@H](Oc2cc(-c3csc(NC(C)C)n3)nc3cc(OC)ccc23)CN1C(=O)[C@@H](CC(=O)OC(C)(C)C)C(C)(C)C)C(=O)OCC. The van der Waals surface area contributed by atoms with Gasteiger partial charge in [-0.15, -0.1) is 35.8 Å². The fourth-order valence-corrected chi connectivity index (χ4v) is 15.4. The molecule has 28 heteroatoms. The second-order valence-corrected chi connectivity index (χ2v) is 35.0. The van der Waals surface area contributed by atoms with E-state index in [1.165, 1.54) is 32.5 Å². The molecular weight excluding hydrogens is 1450 g/mol. The topological polar surface area (TPSA) is 317 Å². The van der Waals surface area contributed by atoms with E-state index in [1.807, 2.05) is 129 Å². The molecule has 0 spiro atoms. The Hall–Kier alpha value is -9.44. The lowest BCUT2D eigenvalue weighted by Gasteiger charge is -2.35. The second kappa shape index (κ2) is 34.0. The van der Waals surface area contributed by atoms with E-state index in [2.05, 4.69) is 34.4 Å². The Morgan fingerprint density at radius 1 is 0.545 bits per heavy atom. The van der Waals surface area contributed by atoms with Crippen molar-refractivity contribution in [3.8, 4) is 45.8 Å². The fourth-order valence-electron chi connectivity index (χ4n) is 13.7. The van der Waals surface area contributed by atoms with Crippen molar-refractivity contribution >= 4 is 102 Å². The number of nitrogens with one attached hydrogen (secondary N) is 4. The Balaban J connectivity index is 0.000000253. The van der Waals surface area contributed by atoms with Gasteiger partial charge in [-0.1, -0.05) is 53.7 Å². The van der Waals surface area contributed by atoms with Gasteiger partial charge in [0.25, 0.3) is 0 Å². The molecule has 2 aromatic carbocycles. The van der Waals surface area contributed by atoms with Crippen LogP contribution in [0, 0.1) is 34.5 Å². The Bertz CT molecular complexity index is 4140. The van der Waals surface area contributed by atoms with Crippen LogP contribution in [0.15, 0.2) is 84.6 Å². The number of likely N-dealkylation sites (tertiary alicyclic amines) is 2. The van der Waals surface area contributed by atoms with Crippen LogP contribution >= 0.6 is 22.7 Å². The number of esters is 4. The summed E-state index contributed by atoms with van der Waals surface area (Å²) in [5.41, 5.74) is -1.67. The number of benzene rings is 2. The van der Waals surface area contributed by atoms with E-state index >= 15 is 0 Å². The van der Waals surface area contributed by atoms with Crippen LogP contribution in [-0.4, -0.2) is 176 Å². The van der Waals surface area contributed by atoms with Crippen LogP contribution in [0.4, 0.5) is 10.3 Å². The molecule has 4 N–H and O–H groups in total. The van der Waals surface area contributed by atoms with Crippen molar-refractivity contribution < 1.29 is 76.3 Å². The molecule has 6 heterocycles. The van der Waals surface area contributed by atoms with Gasteiger partial charge >= 0.3 is 23.9 Å². The van der Waals surface area contributed by atoms with Crippen molar-refractivity contribution in [1.82, 2.24) is 40.4 Å². The summed E-state index contributed by atoms with van der Waals surface area (Å²) in [4.78, 5) is 133. The molecule has 4 aliphatic rings. The van der Waals surface area contributed by atoms with E-state index in [0.717, 1.165) is 10.3 Å². The lowest BCUT2D eigenvalue weighted by molar-refractivity contribution is -0.161. The predicted molar refractivity (Wildman–Crippen MR) is 424 cm³/mol. The molecule has 2 saturated carbocycles. The molecule has 26 nitrogen and oxygen atoms in total. The molecule has 0 unspecified atom stereocenters. The average molecular weight is 1560 g/mol. The van der Waals surface area contributed by atoms with Crippen LogP contribution in [0.3, 0.4) is 0 Å². The molecule has 10 atom stereocenters. The number of nitrogens with zero attached hydrogens (tertiary/aromatic N) is 6. The van der Waals surface area contributed by atoms with Crippen LogP contribution in [0.2, 0.25) is 0 Å². The highest BCUT2D eigenvalue weighted by atomic mass is 32.1. The molecule has 4 amide bonds. The second-order valence-electron chi connectivity index (χ2n) is 33.3. The minimum Gasteiger partial charge on any atom is -0.497 e. The molecule has 10 rings (SSSR count). The largest absolute Gasteiger partial charge is 0.497 e. The number of carbonyl (C=O) groups is 8. The van der Waals surface area contributed by atoms with E-state index < -0.39 is 105 Å². The van der Waals surface area contributed by atoms with Gasteiger partial charge in [0, 0.05) is 82.6 Å². The van der Waals surface area contributed by atoms with Crippen molar-refractivity contribution in [2.45, 2.75) is 222 Å². The summed E-state index contributed by atoms with van der Waals surface area (Å²) in [7, 11) is 3.17. The standard InChI is InChI=1S/2C41H55N5O8S/c2*1-12-24-20-41(24,37(50)52-13-2)45-35(48)32-17-26(21-46(32)36(49)28(39(5,6)7)18-34(47)54-40(8,9)10)53-33-19-30(31-22-55-38(44-31)42-23(3)4)43-29-16-25(51-11)14-15-27(29)33/h2*12,14-16,19,22-24,26,28,32H,1,13,17-18,20-21H2,2-11H3,(H,42,44)(H,45,48)/t2*24-,26-,28-,32+,41-/m11/s1. The van der Waals surface area contributed by atoms with Crippen LogP contribution < -0.4 is 40.2 Å². The number of aromatic nitrogens is 4. The first-order chi connectivity index (χ1) is 51.6. The molecule has 0 bridgehead atoms. The highest BCUT2D eigenvalue weighted by molar-refractivity contribution is 7.14. The normalized spacial score (nSPS) is 21.5. The van der Waals surface area contributed by atoms with E-state index in [4.69, 9.17) is 57.8 Å². The minimum atomic E-state index is -1.27. The lowest BCUT2D eigenvalue weighted by Crippen LogP contribution is -2.55. The Morgan fingerprint density at radius 2 is 0.909 bits per heavy atom. The van der Waals surface area contributed by atoms with Gasteiger partial charge in [-0.2, -0.15) is 0 Å². The first-order valence-electron chi connectivity index (χ1n) is 37.6. The highest BCUT2D eigenvalue weighted by Gasteiger charge is 2.64. The average Bonchev–Trinajstić information content (AvgIpc) is 1.58. The molecule has 4 aromatic heterocycles. The van der Waals surface area contributed by atoms with E-state index in [0.29, 0.717) is 80.4 Å². The third kappa shape index (κ3) is 20.4. The molecule has 4 fully saturated rings. The first-order valence-corrected chi connectivity index (χ1v) is 39.4. The number of methoxy groups -OCH3 is 2. The van der Waals surface area contributed by atoms with Gasteiger partial charge < -0.3 is 69.0 Å². The van der Waals surface area contributed by atoms with Crippen molar-refractivity contribution in [2.24, 2.45) is 34.5 Å². The number of hydrogen-bond acceptors (Lipinski definition) is 24. The molecular formula is C82H110N10O16S2. The summed E-state index contributed by atoms with van der Waals surface area (Å²) in [6.45, 7) is 41.6. The molecule has 6 aromatic rings. The van der Waals surface area contributed by atoms with Crippen molar-refractivity contribution in [3.63, 3.8) is 0 Å². The summed E-state index contributed by atoms with van der Waals surface area (Å²) in [6.07, 6.45) is 2.51. The maximum Gasteiger partial charge on any atom is 0.332 e. The zero-order valence-electron chi connectivity index (χ0n) is 67.2. The zero-order valence-corrected chi connectivity index (χ0v) is 68.9. The van der Waals surface area contributed by atoms with Gasteiger partial charge in [-0.25, -0.2) is 29.5 Å². The summed E-state index contributed by atoms with van der Waals surface area (Å²) >= 11 is 2.94. The van der Waals surface area contributed by atoms with E-state index in [9.17, 15) is 38.4 Å². The van der Waals surface area contributed by atoms with Crippen molar-refractivity contribution in [2.75, 3.05) is 51.2 Å². The Labute approximate surface area is 653 Å². The van der Waals surface area contributed by atoms with Gasteiger partial charge in [0.1, 0.15) is 81.0 Å². The summed E-state index contributed by atoms with van der Waals surface area (Å²) in [5, 5.41) is 19.3. The number of fused-ring (bicyclic) bond motifs is 2. The molecule has 110 heavy (non-hydrogen) atoms. The fraction of sp³-hybridized carbons (Fsp3) is 0.561. The zero-order chi connectivity index (χ0) is 80.9. The van der Waals surface area contributed by atoms with Crippen molar-refractivity contribution in [3.05, 3.63) is 84.6 Å². The minimum absolute atomic E-state index is 0.0452. The smallest absolute Gasteiger partial charge is 0.332 e. The van der Waals surface area contributed by atoms with Gasteiger partial charge in [0.2, 0.25) is 23.6 Å². The number of anilines is 2. The maximum absolute atomic E-state index is 14.7. The number of ether oxygens (including phenoxy) is 8. The van der Waals surface area contributed by atoms with E-state index in [1.54, 1.807) is 81.8 Å². The Kier molecular flexibility index (Phi) is 26.2. The number of rotatable bonds is 28. The molecule has 2 aliphatic heterocycles. The van der Waals surface area contributed by atoms with Crippen LogP contribution in [0.25, 0.3) is 44.6 Å². The van der Waals surface area contributed by atoms with Crippen LogP contribution in [0.5, 0.6) is 23.0 Å². The number of amides is 4. The van der Waals surface area contributed by atoms with E-state index in [-0.39, 0.29) is 87.7 Å². The molecule has 596 valence electrons. The summed E-state index contributed by atoms with van der Waals surface area (Å²) < 4.78 is 46.5. The quantitative estimate of drug-likeness (QED) is 0.0201. The molecule has 2 saturated heterocycles. The number of carbonyl (C=O) groups excluding carboxylic acids is 8. The highest BCUT2D eigenvalue weighted by Crippen LogP contribution is 2.48. The van der Waals surface area contributed by atoms with Gasteiger partial charge in [0.15, 0.2) is 10.3 Å². The predicted octanol–water partition coefficient (Wildman–Crippen LogP) is 13.1. The summed E-state index contributed by atoms with van der Waals surface area (Å²) in [6, 6.07) is 13.0. The third-order valence-electron chi connectivity index (χ3n) is 19.4. The monoisotopic (exact) mass is 1550 g/mol. The number of thiazole rings is 2.